The number of nitrogens with one attached hydrogen (secondary N) is 1. The van der Waals surface area contributed by atoms with Gasteiger partial charge in [-0.3, -0.25) is 9.59 Å². The first kappa shape index (κ1) is 22.6. The van der Waals surface area contributed by atoms with E-state index in [2.05, 4.69) is 5.32 Å². The summed E-state index contributed by atoms with van der Waals surface area (Å²) < 4.78 is 14.7. The van der Waals surface area contributed by atoms with Crippen molar-refractivity contribution >= 4 is 35.0 Å². The van der Waals surface area contributed by atoms with Gasteiger partial charge in [-0.2, -0.15) is 0 Å². The van der Waals surface area contributed by atoms with Crippen LogP contribution in [0.2, 0.25) is 5.02 Å². The Morgan fingerprint density at radius 3 is 2.40 bits per heavy atom. The molecule has 0 heterocycles. The second-order valence-corrected chi connectivity index (χ2v) is 8.19. The number of amides is 2. The lowest BCUT2D eigenvalue weighted by Crippen LogP contribution is -2.47. The monoisotopic (exact) mass is 450 g/mol. The molecule has 1 saturated carbocycles. The van der Waals surface area contributed by atoms with Crippen LogP contribution in [0.3, 0.4) is 0 Å². The van der Waals surface area contributed by atoms with Crippen LogP contribution in [0.4, 0.5) is 4.39 Å². The van der Waals surface area contributed by atoms with Gasteiger partial charge in [0.1, 0.15) is 17.7 Å². The smallest absolute Gasteiger partial charge is 0.247 e. The molecule has 0 saturated heterocycles. The molecule has 2 aromatic carbocycles. The summed E-state index contributed by atoms with van der Waals surface area (Å²) in [5.74, 6) is -1.75. The molecule has 2 aromatic rings. The maximum absolute atomic E-state index is 14.7. The first-order valence-electron chi connectivity index (χ1n) is 10.1. The molecule has 1 atom stereocenters. The van der Waals surface area contributed by atoms with Gasteiger partial charge in [0.2, 0.25) is 11.8 Å². The number of carbonyl (C=O) groups excluding carboxylic acids is 2. The first-order valence-corrected chi connectivity index (χ1v) is 11.1. The van der Waals surface area contributed by atoms with Crippen LogP contribution < -0.4 is 5.32 Å². The van der Waals surface area contributed by atoms with Gasteiger partial charge in [0.05, 0.1) is 0 Å². The maximum Gasteiger partial charge on any atom is 0.247 e. The van der Waals surface area contributed by atoms with Crippen molar-refractivity contribution in [3.05, 3.63) is 70.5 Å². The van der Waals surface area contributed by atoms with Crippen LogP contribution in [0.5, 0.6) is 0 Å². The molecule has 30 heavy (non-hydrogen) atoms. The lowest BCUT2D eigenvalue weighted by molar-refractivity contribution is -0.140. The molecule has 3 rings (SSSR count). The molecule has 1 aliphatic rings. The molecule has 0 spiro atoms. The topological polar surface area (TPSA) is 49.4 Å². The standard InChI is InChI=1S/C23H25Cl2FN2O2/c24-14-21(29)28(15-16-8-4-6-12-19(16)25)22(18-11-5-7-13-20(18)26)23(30)27-17-9-2-1-3-10-17/h4-8,11-13,17,22H,1-3,9-10,14-15H2,(H,27,30)/t22-/m0/s1. The van der Waals surface area contributed by atoms with Crippen molar-refractivity contribution < 1.29 is 14.0 Å². The summed E-state index contributed by atoms with van der Waals surface area (Å²) >= 11 is 12.2. The van der Waals surface area contributed by atoms with Gasteiger partial charge in [-0.15, -0.1) is 11.6 Å². The predicted molar refractivity (Wildman–Crippen MR) is 117 cm³/mol. The van der Waals surface area contributed by atoms with Gasteiger partial charge in [0.25, 0.3) is 0 Å². The van der Waals surface area contributed by atoms with E-state index in [0.717, 1.165) is 32.1 Å². The third-order valence-corrected chi connectivity index (χ3v) is 6.04. The van der Waals surface area contributed by atoms with Crippen LogP contribution in [-0.2, 0) is 16.1 Å². The second kappa shape index (κ2) is 10.8. The fourth-order valence-corrected chi connectivity index (χ4v) is 4.23. The summed E-state index contributed by atoms with van der Waals surface area (Å²) in [5.41, 5.74) is 0.792. The van der Waals surface area contributed by atoms with Gasteiger partial charge in [0.15, 0.2) is 0 Å². The number of hydrogen-bond donors (Lipinski definition) is 1. The summed E-state index contributed by atoms with van der Waals surface area (Å²) in [7, 11) is 0. The summed E-state index contributed by atoms with van der Waals surface area (Å²) in [6.07, 6.45) is 4.98. The Morgan fingerprint density at radius 1 is 1.07 bits per heavy atom. The largest absolute Gasteiger partial charge is 0.351 e. The van der Waals surface area contributed by atoms with E-state index in [-0.39, 0.29) is 24.0 Å². The average Bonchev–Trinajstić information content (AvgIpc) is 2.76. The molecule has 0 unspecified atom stereocenters. The number of halogens is 3. The van der Waals surface area contributed by atoms with Gasteiger partial charge >= 0.3 is 0 Å². The molecule has 1 aliphatic carbocycles. The van der Waals surface area contributed by atoms with Crippen molar-refractivity contribution in [1.82, 2.24) is 10.2 Å². The van der Waals surface area contributed by atoms with Gasteiger partial charge < -0.3 is 10.2 Å². The first-order chi connectivity index (χ1) is 14.5. The second-order valence-electron chi connectivity index (χ2n) is 7.51. The molecule has 4 nitrogen and oxygen atoms in total. The average molecular weight is 451 g/mol. The molecule has 7 heteroatoms. The molecule has 0 aliphatic heterocycles. The zero-order valence-corrected chi connectivity index (χ0v) is 18.1. The number of rotatable bonds is 7. The molecule has 160 valence electrons. The van der Waals surface area contributed by atoms with E-state index in [4.69, 9.17) is 23.2 Å². The van der Waals surface area contributed by atoms with E-state index in [1.165, 1.54) is 17.0 Å². The fraction of sp³-hybridized carbons (Fsp3) is 0.391. The zero-order valence-electron chi connectivity index (χ0n) is 16.6. The highest BCUT2D eigenvalue weighted by Gasteiger charge is 2.34. The van der Waals surface area contributed by atoms with Gasteiger partial charge in [-0.1, -0.05) is 67.3 Å². The zero-order chi connectivity index (χ0) is 21.5. The third kappa shape index (κ3) is 5.52. The molecule has 2 amide bonds. The SMILES string of the molecule is O=C(NC1CCCCC1)[C@H](c1ccccc1F)N(Cc1ccccc1Cl)C(=O)CCl. The van der Waals surface area contributed by atoms with E-state index in [0.29, 0.717) is 10.6 Å². The number of hydrogen-bond acceptors (Lipinski definition) is 2. The summed E-state index contributed by atoms with van der Waals surface area (Å²) in [6, 6.07) is 12.0. The van der Waals surface area contributed by atoms with E-state index in [1.807, 2.05) is 0 Å². The van der Waals surface area contributed by atoms with E-state index in [9.17, 15) is 14.0 Å². The number of carbonyl (C=O) groups is 2. The van der Waals surface area contributed by atoms with Crippen molar-refractivity contribution in [2.75, 3.05) is 5.88 Å². The lowest BCUT2D eigenvalue weighted by atomic mass is 9.94. The lowest BCUT2D eigenvalue weighted by Gasteiger charge is -2.33. The summed E-state index contributed by atoms with van der Waals surface area (Å²) in [4.78, 5) is 27.5. The minimum atomic E-state index is -1.14. The van der Waals surface area contributed by atoms with Gasteiger partial charge in [0, 0.05) is 23.2 Å². The Balaban J connectivity index is 1.98. The van der Waals surface area contributed by atoms with Crippen LogP contribution in [-0.4, -0.2) is 28.6 Å². The quantitative estimate of drug-likeness (QED) is 0.586. The molecule has 0 aromatic heterocycles. The minimum Gasteiger partial charge on any atom is -0.351 e. The Bertz CT molecular complexity index is 887. The molecular weight excluding hydrogens is 426 g/mol. The van der Waals surface area contributed by atoms with E-state index >= 15 is 0 Å². The fourth-order valence-electron chi connectivity index (χ4n) is 3.88. The van der Waals surface area contributed by atoms with Gasteiger partial charge in [-0.05, 0) is 30.5 Å². The van der Waals surface area contributed by atoms with Crippen LogP contribution in [0, 0.1) is 5.82 Å². The van der Waals surface area contributed by atoms with Gasteiger partial charge in [-0.25, -0.2) is 4.39 Å². The molecule has 1 fully saturated rings. The Morgan fingerprint density at radius 2 is 1.73 bits per heavy atom. The van der Waals surface area contributed by atoms with Crippen LogP contribution in [0.15, 0.2) is 48.5 Å². The highest BCUT2D eigenvalue weighted by molar-refractivity contribution is 6.31. The summed E-state index contributed by atoms with van der Waals surface area (Å²) in [6.45, 7) is 0.0440. The van der Waals surface area contributed by atoms with Crippen LogP contribution in [0.25, 0.3) is 0 Å². The minimum absolute atomic E-state index is 0.0220. The Hall–Kier alpha value is -2.11. The highest BCUT2D eigenvalue weighted by Crippen LogP contribution is 2.29. The Kier molecular flexibility index (Phi) is 8.11. The van der Waals surface area contributed by atoms with Crippen molar-refractivity contribution in [1.29, 1.82) is 0 Å². The third-order valence-electron chi connectivity index (χ3n) is 5.44. The van der Waals surface area contributed by atoms with Crippen LogP contribution >= 0.6 is 23.2 Å². The molecular formula is C23H25Cl2FN2O2. The van der Waals surface area contributed by atoms with Crippen molar-refractivity contribution in [2.24, 2.45) is 0 Å². The molecule has 0 bridgehead atoms. The van der Waals surface area contributed by atoms with E-state index < -0.39 is 23.7 Å². The number of alkyl halides is 1. The predicted octanol–water partition coefficient (Wildman–Crippen LogP) is 5.24. The summed E-state index contributed by atoms with van der Waals surface area (Å²) in [5, 5.41) is 3.49. The van der Waals surface area contributed by atoms with E-state index in [1.54, 1.807) is 36.4 Å². The number of nitrogens with zero attached hydrogens (tertiary/aromatic N) is 1. The van der Waals surface area contributed by atoms with Crippen LogP contribution in [0.1, 0.15) is 49.3 Å². The molecule has 0 radical (unpaired) electrons. The maximum atomic E-state index is 14.7. The van der Waals surface area contributed by atoms with Crippen molar-refractivity contribution in [3.8, 4) is 0 Å². The normalized spacial score (nSPS) is 15.4. The Labute approximate surface area is 186 Å². The van der Waals surface area contributed by atoms with Crippen molar-refractivity contribution in [2.45, 2.75) is 50.7 Å². The molecule has 1 N–H and O–H groups in total. The highest BCUT2D eigenvalue weighted by atomic mass is 35.5. The van der Waals surface area contributed by atoms with Crippen molar-refractivity contribution in [3.63, 3.8) is 0 Å². The number of benzene rings is 2.